The van der Waals surface area contributed by atoms with Crippen LogP contribution >= 0.6 is 23.2 Å². The first kappa shape index (κ1) is 20.9. The van der Waals surface area contributed by atoms with E-state index in [0.29, 0.717) is 21.7 Å². The molecule has 0 atom stereocenters. The maximum absolute atomic E-state index is 12.4. The molecule has 4 rings (SSSR count). The molecule has 9 heteroatoms. The molecule has 0 saturated carbocycles. The minimum atomic E-state index is -4.09. The second-order valence-corrected chi connectivity index (χ2v) is 8.73. The molecule has 0 saturated heterocycles. The minimum absolute atomic E-state index is 0.0471. The molecule has 0 N–H and O–H groups in total. The molecule has 0 amide bonds. The van der Waals surface area contributed by atoms with Crippen LogP contribution in [0.3, 0.4) is 0 Å². The molecule has 0 unspecified atom stereocenters. The zero-order valence-corrected chi connectivity index (χ0v) is 17.9. The standard InChI is InChI=1S/C22H12Cl2N2O4S/c23-16-6-8-17(9-7-16)31(27,28)30-20-10-5-14(12-18(20)24)11-15(13-25)22-26-19-3-1-2-4-21(19)29-22/h1-12H/b15-11+. The number of hydrogen-bond donors (Lipinski definition) is 0. The first-order valence-corrected chi connectivity index (χ1v) is 11.0. The molecule has 1 heterocycles. The van der Waals surface area contributed by atoms with E-state index in [-0.39, 0.29) is 27.1 Å². The van der Waals surface area contributed by atoms with E-state index < -0.39 is 10.1 Å². The fraction of sp³-hybridized carbons (Fsp3) is 0. The molecule has 6 nitrogen and oxygen atoms in total. The molecular weight excluding hydrogens is 459 g/mol. The van der Waals surface area contributed by atoms with Crippen LogP contribution < -0.4 is 4.18 Å². The number of nitriles is 1. The van der Waals surface area contributed by atoms with Crippen LogP contribution in [-0.4, -0.2) is 13.4 Å². The van der Waals surface area contributed by atoms with Crippen LogP contribution in [0, 0.1) is 11.3 Å². The fourth-order valence-corrected chi connectivity index (χ4v) is 4.08. The van der Waals surface area contributed by atoms with E-state index in [0.717, 1.165) is 0 Å². The summed E-state index contributed by atoms with van der Waals surface area (Å²) in [6, 6.07) is 19.2. The van der Waals surface area contributed by atoms with Crippen molar-refractivity contribution in [2.24, 2.45) is 0 Å². The molecule has 0 aliphatic heterocycles. The van der Waals surface area contributed by atoms with Gasteiger partial charge in [0.25, 0.3) is 0 Å². The van der Waals surface area contributed by atoms with Crippen molar-refractivity contribution in [3.05, 3.63) is 88.2 Å². The predicted molar refractivity (Wildman–Crippen MR) is 118 cm³/mol. The van der Waals surface area contributed by atoms with E-state index in [1.54, 1.807) is 18.2 Å². The number of hydrogen-bond acceptors (Lipinski definition) is 6. The molecule has 0 bridgehead atoms. The van der Waals surface area contributed by atoms with Crippen LogP contribution in [0.25, 0.3) is 22.7 Å². The number of nitrogens with zero attached hydrogens (tertiary/aromatic N) is 2. The smallest absolute Gasteiger partial charge is 0.339 e. The SMILES string of the molecule is N#C/C(=C\c1ccc(OS(=O)(=O)c2ccc(Cl)cc2)c(Cl)c1)c1nc2ccccc2o1. The van der Waals surface area contributed by atoms with E-state index in [9.17, 15) is 13.7 Å². The van der Waals surface area contributed by atoms with Gasteiger partial charge in [0, 0.05) is 5.02 Å². The van der Waals surface area contributed by atoms with Gasteiger partial charge in [0.05, 0.1) is 5.02 Å². The van der Waals surface area contributed by atoms with Crippen LogP contribution in [0.15, 0.2) is 76.0 Å². The minimum Gasteiger partial charge on any atom is -0.435 e. The maximum atomic E-state index is 12.4. The van der Waals surface area contributed by atoms with Gasteiger partial charge in [-0.15, -0.1) is 0 Å². The lowest BCUT2D eigenvalue weighted by Gasteiger charge is -2.09. The number of oxazole rings is 1. The molecule has 4 aromatic rings. The Morgan fingerprint density at radius 2 is 1.81 bits per heavy atom. The van der Waals surface area contributed by atoms with Crippen molar-refractivity contribution in [3.8, 4) is 11.8 Å². The second-order valence-electron chi connectivity index (χ2n) is 6.34. The zero-order valence-electron chi connectivity index (χ0n) is 15.6. The first-order chi connectivity index (χ1) is 14.9. The average Bonchev–Trinajstić information content (AvgIpc) is 3.18. The second kappa shape index (κ2) is 8.44. The molecule has 0 fully saturated rings. The number of halogens is 2. The first-order valence-electron chi connectivity index (χ1n) is 8.83. The summed E-state index contributed by atoms with van der Waals surface area (Å²) in [5.74, 6) is 0.125. The van der Waals surface area contributed by atoms with Gasteiger partial charge >= 0.3 is 10.1 Å². The summed E-state index contributed by atoms with van der Waals surface area (Å²) in [5, 5.41) is 9.98. The van der Waals surface area contributed by atoms with Gasteiger partial charge in [-0.1, -0.05) is 41.4 Å². The van der Waals surface area contributed by atoms with Gasteiger partial charge in [0.1, 0.15) is 22.1 Å². The van der Waals surface area contributed by atoms with Crippen molar-refractivity contribution >= 4 is 56.1 Å². The molecule has 31 heavy (non-hydrogen) atoms. The van der Waals surface area contributed by atoms with Crippen molar-refractivity contribution < 1.29 is 17.0 Å². The van der Waals surface area contributed by atoms with E-state index in [4.69, 9.17) is 31.8 Å². The third-order valence-corrected chi connectivity index (χ3v) is 6.01. The lowest BCUT2D eigenvalue weighted by atomic mass is 10.1. The van der Waals surface area contributed by atoms with Crippen molar-refractivity contribution in [1.29, 1.82) is 5.26 Å². The summed E-state index contributed by atoms with van der Waals surface area (Å²) in [5.41, 5.74) is 1.93. The Balaban J connectivity index is 1.62. The van der Waals surface area contributed by atoms with Gasteiger partial charge in [0.2, 0.25) is 5.89 Å². The summed E-state index contributed by atoms with van der Waals surface area (Å²) in [6.45, 7) is 0. The number of benzene rings is 3. The quantitative estimate of drug-likeness (QED) is 0.263. The van der Waals surface area contributed by atoms with Gasteiger partial charge in [-0.05, 0) is 60.2 Å². The van der Waals surface area contributed by atoms with Crippen molar-refractivity contribution in [2.75, 3.05) is 0 Å². The Bertz CT molecular complexity index is 1420. The fourth-order valence-electron chi connectivity index (χ4n) is 2.74. The number of para-hydroxylation sites is 2. The molecular formula is C22H12Cl2N2O4S. The Morgan fingerprint density at radius 3 is 2.48 bits per heavy atom. The average molecular weight is 471 g/mol. The van der Waals surface area contributed by atoms with Gasteiger partial charge in [-0.25, -0.2) is 4.98 Å². The number of allylic oxidation sites excluding steroid dienone is 1. The predicted octanol–water partition coefficient (Wildman–Crippen LogP) is 5.97. The summed E-state index contributed by atoms with van der Waals surface area (Å²) in [7, 11) is -4.09. The number of aromatic nitrogens is 1. The van der Waals surface area contributed by atoms with Gasteiger partial charge in [0.15, 0.2) is 11.3 Å². The third-order valence-electron chi connectivity index (χ3n) is 4.21. The van der Waals surface area contributed by atoms with E-state index in [2.05, 4.69) is 11.1 Å². The summed E-state index contributed by atoms with van der Waals surface area (Å²) in [6.07, 6.45) is 1.54. The molecule has 154 valence electrons. The van der Waals surface area contributed by atoms with Crippen LogP contribution in [0.2, 0.25) is 10.0 Å². The molecule has 0 radical (unpaired) electrons. The van der Waals surface area contributed by atoms with Gasteiger partial charge in [-0.2, -0.15) is 13.7 Å². The Hall–Kier alpha value is -3.31. The monoisotopic (exact) mass is 470 g/mol. The van der Waals surface area contributed by atoms with Crippen LogP contribution in [0.1, 0.15) is 11.5 Å². The van der Waals surface area contributed by atoms with E-state index in [1.807, 2.05) is 12.1 Å². The molecule has 0 spiro atoms. The maximum Gasteiger partial charge on any atom is 0.339 e. The van der Waals surface area contributed by atoms with Crippen molar-refractivity contribution in [2.45, 2.75) is 4.90 Å². The lowest BCUT2D eigenvalue weighted by molar-refractivity contribution is 0.486. The van der Waals surface area contributed by atoms with Crippen molar-refractivity contribution in [3.63, 3.8) is 0 Å². The number of rotatable bonds is 5. The van der Waals surface area contributed by atoms with E-state index in [1.165, 1.54) is 42.5 Å². The topological polar surface area (TPSA) is 93.2 Å². The Labute approximate surface area is 188 Å². The molecule has 3 aromatic carbocycles. The Kier molecular flexibility index (Phi) is 5.70. The normalized spacial score (nSPS) is 12.0. The highest BCUT2D eigenvalue weighted by atomic mass is 35.5. The molecule has 1 aromatic heterocycles. The summed E-state index contributed by atoms with van der Waals surface area (Å²) < 4.78 is 35.7. The lowest BCUT2D eigenvalue weighted by Crippen LogP contribution is -2.09. The molecule has 0 aliphatic rings. The highest BCUT2D eigenvalue weighted by molar-refractivity contribution is 7.87. The van der Waals surface area contributed by atoms with E-state index >= 15 is 0 Å². The van der Waals surface area contributed by atoms with Crippen LogP contribution in [0.5, 0.6) is 5.75 Å². The largest absolute Gasteiger partial charge is 0.435 e. The number of fused-ring (bicyclic) bond motifs is 1. The highest BCUT2D eigenvalue weighted by Gasteiger charge is 2.18. The van der Waals surface area contributed by atoms with Crippen molar-refractivity contribution in [1.82, 2.24) is 4.98 Å². The zero-order chi connectivity index (χ0) is 22.0. The summed E-state index contributed by atoms with van der Waals surface area (Å²) in [4.78, 5) is 4.25. The van der Waals surface area contributed by atoms with Crippen LogP contribution in [-0.2, 0) is 10.1 Å². The van der Waals surface area contributed by atoms with Crippen LogP contribution in [0.4, 0.5) is 0 Å². The Morgan fingerprint density at radius 1 is 1.06 bits per heavy atom. The molecule has 0 aliphatic carbocycles. The summed E-state index contributed by atoms with van der Waals surface area (Å²) >= 11 is 12.0. The van der Waals surface area contributed by atoms with Gasteiger partial charge < -0.3 is 8.60 Å². The third kappa shape index (κ3) is 4.57. The van der Waals surface area contributed by atoms with Gasteiger partial charge in [-0.3, -0.25) is 0 Å². The highest BCUT2D eigenvalue weighted by Crippen LogP contribution is 2.30.